The second kappa shape index (κ2) is 8.91. The molecular formula is C23H29NO4. The van der Waals surface area contributed by atoms with Crippen LogP contribution in [0.15, 0.2) is 53.1 Å². The Morgan fingerprint density at radius 1 is 1.29 bits per heavy atom. The molecule has 2 N–H and O–H groups in total. The van der Waals surface area contributed by atoms with Crippen molar-refractivity contribution in [3.05, 3.63) is 58.7 Å². The summed E-state index contributed by atoms with van der Waals surface area (Å²) in [6, 6.07) is 4.34. The summed E-state index contributed by atoms with van der Waals surface area (Å²) in [6.07, 6.45) is 9.12. The van der Waals surface area contributed by atoms with E-state index < -0.39 is 5.97 Å². The molecule has 150 valence electrons. The minimum atomic E-state index is -1.05. The van der Waals surface area contributed by atoms with Gasteiger partial charge in [-0.3, -0.25) is 4.79 Å². The normalized spacial score (nSPS) is 17.0. The van der Waals surface area contributed by atoms with Gasteiger partial charge >= 0.3 is 5.97 Å². The second-order valence-electron chi connectivity index (χ2n) is 7.86. The lowest BCUT2D eigenvalue weighted by atomic mass is 9.72. The highest BCUT2D eigenvalue weighted by atomic mass is 16.5. The maximum absolute atomic E-state index is 12.3. The van der Waals surface area contributed by atoms with Gasteiger partial charge in [-0.05, 0) is 67.9 Å². The van der Waals surface area contributed by atoms with Gasteiger partial charge in [0.1, 0.15) is 5.75 Å². The Bertz CT molecular complexity index is 859. The van der Waals surface area contributed by atoms with Crippen LogP contribution in [0.1, 0.15) is 57.3 Å². The summed E-state index contributed by atoms with van der Waals surface area (Å²) in [6.45, 7) is 8.58. The Hall–Kier alpha value is -2.82. The van der Waals surface area contributed by atoms with Crippen molar-refractivity contribution in [1.29, 1.82) is 0 Å². The van der Waals surface area contributed by atoms with Crippen LogP contribution in [0.25, 0.3) is 0 Å². The van der Waals surface area contributed by atoms with Gasteiger partial charge in [-0.15, -0.1) is 0 Å². The van der Waals surface area contributed by atoms with E-state index in [9.17, 15) is 9.59 Å². The summed E-state index contributed by atoms with van der Waals surface area (Å²) >= 11 is 0. The van der Waals surface area contributed by atoms with E-state index in [1.807, 2.05) is 13.0 Å². The first-order valence-corrected chi connectivity index (χ1v) is 9.43. The number of hydrogen-bond acceptors (Lipinski definition) is 3. The predicted octanol–water partition coefficient (Wildman–Crippen LogP) is 5.36. The molecule has 1 aromatic carbocycles. The number of rotatable bonds is 6. The SMILES string of the molecule is COc1cc(C(=O)O)ccc1NC(=O)/C=C(C)/C=C/C1=C(C)CCCC1(C)C. The van der Waals surface area contributed by atoms with Gasteiger partial charge in [0.2, 0.25) is 5.91 Å². The van der Waals surface area contributed by atoms with Gasteiger partial charge in [-0.25, -0.2) is 4.79 Å². The van der Waals surface area contributed by atoms with Crippen molar-refractivity contribution in [1.82, 2.24) is 0 Å². The zero-order valence-electron chi connectivity index (χ0n) is 17.3. The van der Waals surface area contributed by atoms with Crippen molar-refractivity contribution in [2.45, 2.75) is 47.0 Å². The quantitative estimate of drug-likeness (QED) is 0.512. The van der Waals surface area contributed by atoms with Gasteiger partial charge in [0.15, 0.2) is 0 Å². The fourth-order valence-corrected chi connectivity index (χ4v) is 3.58. The average molecular weight is 383 g/mol. The Labute approximate surface area is 166 Å². The highest BCUT2D eigenvalue weighted by Gasteiger charge is 2.26. The molecule has 5 nitrogen and oxygen atoms in total. The molecule has 0 radical (unpaired) electrons. The minimum absolute atomic E-state index is 0.100. The number of benzene rings is 1. The van der Waals surface area contributed by atoms with Crippen LogP contribution in [0.3, 0.4) is 0 Å². The molecule has 28 heavy (non-hydrogen) atoms. The summed E-state index contributed by atoms with van der Waals surface area (Å²) in [5.41, 5.74) is 4.27. The molecule has 0 bridgehead atoms. The van der Waals surface area contributed by atoms with Gasteiger partial charge in [-0.2, -0.15) is 0 Å². The molecular weight excluding hydrogens is 354 g/mol. The number of carbonyl (C=O) groups is 2. The van der Waals surface area contributed by atoms with Crippen LogP contribution in [-0.2, 0) is 4.79 Å². The van der Waals surface area contributed by atoms with E-state index in [-0.39, 0.29) is 16.9 Å². The van der Waals surface area contributed by atoms with Crippen molar-refractivity contribution in [3.8, 4) is 5.75 Å². The molecule has 0 saturated carbocycles. The topological polar surface area (TPSA) is 75.6 Å². The lowest BCUT2D eigenvalue weighted by molar-refractivity contribution is -0.112. The molecule has 1 amide bonds. The van der Waals surface area contributed by atoms with Crippen LogP contribution >= 0.6 is 0 Å². The van der Waals surface area contributed by atoms with E-state index in [1.165, 1.54) is 55.4 Å². The largest absolute Gasteiger partial charge is 0.495 e. The zero-order valence-corrected chi connectivity index (χ0v) is 17.3. The molecule has 1 aliphatic carbocycles. The number of anilines is 1. The van der Waals surface area contributed by atoms with Gasteiger partial charge in [0, 0.05) is 6.08 Å². The molecule has 0 fully saturated rings. The maximum Gasteiger partial charge on any atom is 0.335 e. The van der Waals surface area contributed by atoms with E-state index in [0.717, 1.165) is 12.0 Å². The predicted molar refractivity (Wildman–Crippen MR) is 112 cm³/mol. The summed E-state index contributed by atoms with van der Waals surface area (Å²) < 4.78 is 5.18. The number of methoxy groups -OCH3 is 1. The number of carboxylic acid groups (broad SMARTS) is 1. The molecule has 0 atom stereocenters. The number of ether oxygens (including phenoxy) is 1. The number of hydrogen-bond donors (Lipinski definition) is 2. The first-order chi connectivity index (χ1) is 13.1. The summed E-state index contributed by atoms with van der Waals surface area (Å²) in [5, 5.41) is 11.8. The highest BCUT2D eigenvalue weighted by Crippen LogP contribution is 2.40. The monoisotopic (exact) mass is 383 g/mol. The van der Waals surface area contributed by atoms with Crippen molar-refractivity contribution in [3.63, 3.8) is 0 Å². The number of nitrogens with one attached hydrogen (secondary N) is 1. The first-order valence-electron chi connectivity index (χ1n) is 9.43. The number of aromatic carboxylic acids is 1. The van der Waals surface area contributed by atoms with E-state index in [0.29, 0.717) is 11.4 Å². The fraction of sp³-hybridized carbons (Fsp3) is 0.391. The lowest BCUT2D eigenvalue weighted by Crippen LogP contribution is -2.19. The van der Waals surface area contributed by atoms with Crippen molar-refractivity contribution >= 4 is 17.6 Å². The lowest BCUT2D eigenvalue weighted by Gasteiger charge is -2.32. The highest BCUT2D eigenvalue weighted by molar-refractivity contribution is 6.01. The van der Waals surface area contributed by atoms with Crippen LogP contribution in [-0.4, -0.2) is 24.1 Å². The van der Waals surface area contributed by atoms with Crippen LogP contribution < -0.4 is 10.1 Å². The second-order valence-corrected chi connectivity index (χ2v) is 7.86. The molecule has 1 aromatic rings. The first kappa shape index (κ1) is 21.5. The third-order valence-corrected chi connectivity index (χ3v) is 5.12. The van der Waals surface area contributed by atoms with Gasteiger partial charge < -0.3 is 15.2 Å². The van der Waals surface area contributed by atoms with Crippen LogP contribution in [0.5, 0.6) is 5.75 Å². The Morgan fingerprint density at radius 2 is 2.00 bits per heavy atom. The van der Waals surface area contributed by atoms with Crippen molar-refractivity contribution in [2.75, 3.05) is 12.4 Å². The molecule has 0 spiro atoms. The van der Waals surface area contributed by atoms with Crippen LogP contribution in [0.2, 0.25) is 0 Å². The molecule has 0 aliphatic heterocycles. The Morgan fingerprint density at radius 3 is 2.61 bits per heavy atom. The number of allylic oxidation sites excluding steroid dienone is 5. The molecule has 2 rings (SSSR count). The smallest absolute Gasteiger partial charge is 0.335 e. The van der Waals surface area contributed by atoms with Crippen molar-refractivity contribution < 1.29 is 19.4 Å². The summed E-state index contributed by atoms with van der Waals surface area (Å²) in [4.78, 5) is 23.4. The van der Waals surface area contributed by atoms with Crippen molar-refractivity contribution in [2.24, 2.45) is 5.41 Å². The average Bonchev–Trinajstić information content (AvgIpc) is 2.60. The number of carbonyl (C=O) groups excluding carboxylic acids is 1. The fourth-order valence-electron chi connectivity index (χ4n) is 3.58. The third-order valence-electron chi connectivity index (χ3n) is 5.12. The van der Waals surface area contributed by atoms with E-state index in [2.05, 4.69) is 32.2 Å². The molecule has 0 aromatic heterocycles. The Balaban J connectivity index is 2.13. The Kier molecular flexibility index (Phi) is 6.84. The standard InChI is InChI=1S/C23H29NO4/c1-15(8-10-18-16(2)7-6-12-23(18,3)4)13-21(25)24-19-11-9-17(22(26)27)14-20(19)28-5/h8-11,13-14H,6-7,12H2,1-5H3,(H,24,25)(H,26,27)/b10-8+,15-13+. The summed E-state index contributed by atoms with van der Waals surface area (Å²) in [5.74, 6) is -1.04. The molecule has 0 heterocycles. The summed E-state index contributed by atoms with van der Waals surface area (Å²) in [7, 11) is 1.43. The van der Waals surface area contributed by atoms with Crippen LogP contribution in [0.4, 0.5) is 5.69 Å². The molecule has 0 saturated heterocycles. The van der Waals surface area contributed by atoms with Gasteiger partial charge in [0.05, 0.1) is 18.4 Å². The number of carboxylic acids is 1. The maximum atomic E-state index is 12.3. The van der Waals surface area contributed by atoms with E-state index in [4.69, 9.17) is 9.84 Å². The van der Waals surface area contributed by atoms with E-state index >= 15 is 0 Å². The minimum Gasteiger partial charge on any atom is -0.495 e. The zero-order chi connectivity index (χ0) is 20.9. The van der Waals surface area contributed by atoms with Crippen LogP contribution in [0, 0.1) is 5.41 Å². The molecule has 1 aliphatic rings. The van der Waals surface area contributed by atoms with Gasteiger partial charge in [-0.1, -0.05) is 31.6 Å². The molecule has 5 heteroatoms. The van der Waals surface area contributed by atoms with Gasteiger partial charge in [0.25, 0.3) is 0 Å². The molecule has 0 unspecified atom stereocenters. The van der Waals surface area contributed by atoms with E-state index in [1.54, 1.807) is 0 Å². The third kappa shape index (κ3) is 5.35. The number of amides is 1.